The highest BCUT2D eigenvalue weighted by atomic mass is 16.4. The summed E-state index contributed by atoms with van der Waals surface area (Å²) in [4.78, 5) is 22.2. The Labute approximate surface area is 107 Å². The van der Waals surface area contributed by atoms with Gasteiger partial charge in [-0.15, -0.1) is 0 Å². The Morgan fingerprint density at radius 3 is 2.39 bits per heavy atom. The molecule has 0 radical (unpaired) electrons. The van der Waals surface area contributed by atoms with E-state index in [0.717, 1.165) is 19.3 Å². The van der Waals surface area contributed by atoms with Crippen molar-refractivity contribution in [1.29, 1.82) is 0 Å². The number of carbonyl (C=O) groups excluding carboxylic acids is 1. The summed E-state index contributed by atoms with van der Waals surface area (Å²) in [6.45, 7) is 1.74. The van der Waals surface area contributed by atoms with Crippen molar-refractivity contribution in [1.82, 2.24) is 5.32 Å². The Morgan fingerprint density at radius 1 is 1.22 bits per heavy atom. The molecule has 0 unspecified atom stereocenters. The maximum absolute atomic E-state index is 11.5. The third kappa shape index (κ3) is 8.03. The van der Waals surface area contributed by atoms with E-state index in [2.05, 4.69) is 5.32 Å². The molecular weight excluding hydrogens is 238 g/mol. The largest absolute Gasteiger partial charge is 0.480 e. The number of carboxylic acids is 1. The Bertz CT molecular complexity index is 257. The first kappa shape index (κ1) is 16.9. The molecule has 0 saturated heterocycles. The van der Waals surface area contributed by atoms with Gasteiger partial charge in [0.25, 0.3) is 0 Å². The molecule has 6 heteroatoms. The molecule has 0 aliphatic heterocycles. The van der Waals surface area contributed by atoms with Gasteiger partial charge >= 0.3 is 5.97 Å². The highest BCUT2D eigenvalue weighted by molar-refractivity contribution is 5.83. The summed E-state index contributed by atoms with van der Waals surface area (Å²) >= 11 is 0. The number of unbranched alkanes of at least 4 members (excludes halogenated alkanes) is 2. The molecule has 1 amide bonds. The van der Waals surface area contributed by atoms with Gasteiger partial charge in [-0.2, -0.15) is 0 Å². The fourth-order valence-corrected chi connectivity index (χ4v) is 1.59. The Hall–Kier alpha value is -1.14. The first-order chi connectivity index (χ1) is 8.51. The highest BCUT2D eigenvalue weighted by Crippen LogP contribution is 2.06. The van der Waals surface area contributed by atoms with Crippen LogP contribution in [-0.2, 0) is 9.59 Å². The summed E-state index contributed by atoms with van der Waals surface area (Å²) in [6, 6.07) is -1.09. The zero-order valence-corrected chi connectivity index (χ0v) is 10.8. The third-order valence-corrected chi connectivity index (χ3v) is 2.61. The Kier molecular flexibility index (Phi) is 9.22. The lowest BCUT2D eigenvalue weighted by Crippen LogP contribution is -2.42. The normalized spacial score (nSPS) is 13.9. The molecule has 0 heterocycles. The maximum atomic E-state index is 11.5. The van der Waals surface area contributed by atoms with Gasteiger partial charge in [-0.3, -0.25) is 4.79 Å². The van der Waals surface area contributed by atoms with Crippen LogP contribution in [0.15, 0.2) is 0 Å². The number of nitrogens with one attached hydrogen (secondary N) is 1. The van der Waals surface area contributed by atoms with Crippen molar-refractivity contribution in [2.24, 2.45) is 0 Å². The Balaban J connectivity index is 3.96. The second kappa shape index (κ2) is 9.85. The monoisotopic (exact) mass is 261 g/mol. The zero-order valence-electron chi connectivity index (χ0n) is 10.8. The van der Waals surface area contributed by atoms with E-state index in [4.69, 9.17) is 10.2 Å². The smallest absolute Gasteiger partial charge is 0.326 e. The van der Waals surface area contributed by atoms with Crippen molar-refractivity contribution >= 4 is 11.9 Å². The van der Waals surface area contributed by atoms with Gasteiger partial charge < -0.3 is 20.6 Å². The van der Waals surface area contributed by atoms with Crippen LogP contribution in [0.25, 0.3) is 0 Å². The van der Waals surface area contributed by atoms with Crippen LogP contribution in [0.1, 0.15) is 45.4 Å². The van der Waals surface area contributed by atoms with E-state index in [1.54, 1.807) is 0 Å². The molecule has 0 spiro atoms. The molecule has 0 bridgehead atoms. The minimum Gasteiger partial charge on any atom is -0.480 e. The van der Waals surface area contributed by atoms with E-state index in [1.807, 2.05) is 6.92 Å². The fourth-order valence-electron chi connectivity index (χ4n) is 1.59. The fraction of sp³-hybridized carbons (Fsp3) is 0.833. The molecule has 0 aromatic carbocycles. The molecule has 0 aliphatic carbocycles. The van der Waals surface area contributed by atoms with E-state index < -0.39 is 24.0 Å². The highest BCUT2D eigenvalue weighted by Gasteiger charge is 2.20. The first-order valence-electron chi connectivity index (χ1n) is 6.32. The maximum Gasteiger partial charge on any atom is 0.326 e. The van der Waals surface area contributed by atoms with Gasteiger partial charge in [-0.1, -0.05) is 26.2 Å². The predicted octanol–water partition coefficient (Wildman–Crippen LogP) is 0.269. The van der Waals surface area contributed by atoms with Crippen molar-refractivity contribution in [3.05, 3.63) is 0 Å². The van der Waals surface area contributed by atoms with Crippen LogP contribution in [-0.4, -0.2) is 45.9 Å². The summed E-state index contributed by atoms with van der Waals surface area (Å²) in [5.74, 6) is -1.68. The average molecular weight is 261 g/mol. The molecular formula is C12H23NO5. The van der Waals surface area contributed by atoms with E-state index in [9.17, 15) is 14.7 Å². The van der Waals surface area contributed by atoms with Gasteiger partial charge in [0.1, 0.15) is 6.04 Å². The van der Waals surface area contributed by atoms with E-state index >= 15 is 0 Å². The number of amides is 1. The van der Waals surface area contributed by atoms with E-state index in [-0.39, 0.29) is 19.4 Å². The van der Waals surface area contributed by atoms with E-state index in [1.165, 1.54) is 0 Å². The second-order valence-electron chi connectivity index (χ2n) is 4.32. The molecule has 0 saturated carbocycles. The van der Waals surface area contributed by atoms with E-state index in [0.29, 0.717) is 6.42 Å². The average Bonchev–Trinajstić information content (AvgIpc) is 2.28. The standard InChI is InChI=1S/C12H23NO5/c1-2-3-4-5-9(15)8-11(16)13-10(6-7-14)12(17)18/h9-10,14-15H,2-8H2,1H3,(H,13,16)(H,17,18)/t9-,10-/m0/s1. The zero-order chi connectivity index (χ0) is 14.0. The summed E-state index contributed by atoms with van der Waals surface area (Å²) in [5.41, 5.74) is 0. The third-order valence-electron chi connectivity index (χ3n) is 2.61. The summed E-state index contributed by atoms with van der Waals surface area (Å²) < 4.78 is 0. The van der Waals surface area contributed by atoms with Crippen LogP contribution in [0.4, 0.5) is 0 Å². The van der Waals surface area contributed by atoms with Crippen LogP contribution in [0, 0.1) is 0 Å². The summed E-state index contributed by atoms with van der Waals surface area (Å²) in [7, 11) is 0. The molecule has 4 N–H and O–H groups in total. The van der Waals surface area contributed by atoms with Crippen LogP contribution < -0.4 is 5.32 Å². The number of aliphatic hydroxyl groups excluding tert-OH is 2. The quantitative estimate of drug-likeness (QED) is 0.422. The number of aliphatic hydroxyl groups is 2. The lowest BCUT2D eigenvalue weighted by molar-refractivity contribution is -0.142. The number of rotatable bonds is 10. The number of carbonyl (C=O) groups is 2. The van der Waals surface area contributed by atoms with Gasteiger partial charge in [0.15, 0.2) is 0 Å². The minimum atomic E-state index is -1.18. The molecule has 0 aromatic heterocycles. The number of aliphatic carboxylic acids is 1. The lowest BCUT2D eigenvalue weighted by Gasteiger charge is -2.15. The molecule has 0 aromatic rings. The van der Waals surface area contributed by atoms with Gasteiger partial charge in [0.05, 0.1) is 12.5 Å². The molecule has 106 valence electrons. The SMILES string of the molecule is CCCCC[C@H](O)CC(=O)N[C@@H](CCO)C(=O)O. The van der Waals surface area contributed by atoms with Crippen LogP contribution in [0.2, 0.25) is 0 Å². The topological polar surface area (TPSA) is 107 Å². The summed E-state index contributed by atoms with van der Waals surface area (Å²) in [5, 5.41) is 29.3. The van der Waals surface area contributed by atoms with Gasteiger partial charge in [-0.25, -0.2) is 4.79 Å². The van der Waals surface area contributed by atoms with Crippen LogP contribution in [0.5, 0.6) is 0 Å². The molecule has 0 fully saturated rings. The van der Waals surface area contributed by atoms with Gasteiger partial charge in [-0.05, 0) is 6.42 Å². The molecule has 0 rings (SSSR count). The predicted molar refractivity (Wildman–Crippen MR) is 66.0 cm³/mol. The van der Waals surface area contributed by atoms with Gasteiger partial charge in [0, 0.05) is 13.0 Å². The molecule has 6 nitrogen and oxygen atoms in total. The van der Waals surface area contributed by atoms with Crippen molar-refractivity contribution in [3.63, 3.8) is 0 Å². The van der Waals surface area contributed by atoms with Crippen molar-refractivity contribution in [3.8, 4) is 0 Å². The van der Waals surface area contributed by atoms with Crippen LogP contribution in [0.3, 0.4) is 0 Å². The Morgan fingerprint density at radius 2 is 1.89 bits per heavy atom. The molecule has 2 atom stereocenters. The van der Waals surface area contributed by atoms with Crippen molar-refractivity contribution in [2.45, 2.75) is 57.6 Å². The minimum absolute atomic E-state index is 0.0347. The molecule has 0 aliphatic rings. The van der Waals surface area contributed by atoms with Crippen molar-refractivity contribution < 1.29 is 24.9 Å². The molecule has 18 heavy (non-hydrogen) atoms. The number of hydrogen-bond donors (Lipinski definition) is 4. The first-order valence-corrected chi connectivity index (χ1v) is 6.32. The van der Waals surface area contributed by atoms with Crippen LogP contribution >= 0.6 is 0 Å². The second-order valence-corrected chi connectivity index (χ2v) is 4.32. The van der Waals surface area contributed by atoms with Crippen molar-refractivity contribution in [2.75, 3.05) is 6.61 Å². The summed E-state index contributed by atoms with van der Waals surface area (Å²) in [6.07, 6.45) is 2.56. The number of carboxylic acid groups (broad SMARTS) is 1. The lowest BCUT2D eigenvalue weighted by atomic mass is 10.1. The number of hydrogen-bond acceptors (Lipinski definition) is 4. The van der Waals surface area contributed by atoms with Gasteiger partial charge in [0.2, 0.25) is 5.91 Å².